The summed E-state index contributed by atoms with van der Waals surface area (Å²) >= 11 is 9.53. The second kappa shape index (κ2) is 13.9. The number of halogens is 4. The molecule has 1 rings (SSSR count). The average Bonchev–Trinajstić information content (AvgIpc) is 1.91. The van der Waals surface area contributed by atoms with Crippen LogP contribution in [-0.4, -0.2) is 5.34 Å². The molecule has 4 heteroatoms. The Labute approximate surface area is 96.1 Å². The highest BCUT2D eigenvalue weighted by molar-refractivity contribution is 6.40. The second-order valence-electron chi connectivity index (χ2n) is 1.76. The molecule has 72 valence electrons. The summed E-state index contributed by atoms with van der Waals surface area (Å²) in [4.78, 5) is 0. The molecule has 0 amide bonds. The van der Waals surface area contributed by atoms with E-state index in [1.54, 1.807) is 0 Å². The van der Waals surface area contributed by atoms with Crippen LogP contribution in [0.5, 0.6) is 0 Å². The fourth-order valence-electron chi connectivity index (χ4n) is 0.534. The smallest absolute Gasteiger partial charge is 0.0967 e. The van der Waals surface area contributed by atoms with Crippen LogP contribution in [0, 0.1) is 6.92 Å². The van der Waals surface area contributed by atoms with Gasteiger partial charge in [0, 0.05) is 0 Å². The summed E-state index contributed by atoms with van der Waals surface area (Å²) in [5.74, 6) is 0. The predicted molar refractivity (Wildman–Crippen MR) is 62.2 cm³/mol. The van der Waals surface area contributed by atoms with E-state index in [1.807, 2.05) is 18.2 Å². The van der Waals surface area contributed by atoms with Crippen LogP contribution < -0.4 is 0 Å². The van der Waals surface area contributed by atoms with Gasteiger partial charge in [0.05, 0.1) is 5.34 Å². The van der Waals surface area contributed by atoms with Crippen LogP contribution in [0.15, 0.2) is 30.3 Å². The van der Waals surface area contributed by atoms with Crippen molar-refractivity contribution >= 4 is 48.0 Å². The van der Waals surface area contributed by atoms with E-state index >= 15 is 0 Å². The molecule has 1 aromatic carbocycles. The summed E-state index contributed by atoms with van der Waals surface area (Å²) < 4.78 is 0. The van der Waals surface area contributed by atoms with Crippen molar-refractivity contribution in [3.63, 3.8) is 0 Å². The number of alkyl halides is 2. The molecule has 0 bridgehead atoms. The average molecular weight is 250 g/mol. The molecule has 0 atom stereocenters. The molecular weight excluding hydrogens is 238 g/mol. The van der Waals surface area contributed by atoms with Crippen molar-refractivity contribution < 1.29 is 0 Å². The molecule has 0 heterocycles. The van der Waals surface area contributed by atoms with Crippen LogP contribution >= 0.6 is 48.0 Å². The number of hydrogen-bond donors (Lipinski definition) is 0. The van der Waals surface area contributed by atoms with Crippen molar-refractivity contribution in [2.45, 2.75) is 6.92 Å². The van der Waals surface area contributed by atoms with Crippen LogP contribution in [0.1, 0.15) is 5.56 Å². The lowest BCUT2D eigenvalue weighted by Gasteiger charge is -1.82. The van der Waals surface area contributed by atoms with E-state index < -0.39 is 0 Å². The minimum absolute atomic E-state index is 0. The van der Waals surface area contributed by atoms with E-state index in [9.17, 15) is 0 Å². The molecule has 0 fully saturated rings. The maximum absolute atomic E-state index is 4.76. The van der Waals surface area contributed by atoms with Crippen LogP contribution in [0.25, 0.3) is 0 Å². The van der Waals surface area contributed by atoms with E-state index in [2.05, 4.69) is 19.1 Å². The third-order valence-electron chi connectivity index (χ3n) is 0.940. The van der Waals surface area contributed by atoms with Crippen LogP contribution in [-0.2, 0) is 0 Å². The first-order valence-corrected chi connectivity index (χ1v) is 4.01. The summed E-state index contributed by atoms with van der Waals surface area (Å²) in [5, 5.41) is 0.194. The molecule has 1 aromatic rings. The Kier molecular flexibility index (Phi) is 21.2. The zero-order chi connectivity index (χ0) is 7.82. The topological polar surface area (TPSA) is 0 Å². The maximum atomic E-state index is 4.76. The van der Waals surface area contributed by atoms with E-state index in [-0.39, 0.29) is 30.2 Å². The summed E-state index contributed by atoms with van der Waals surface area (Å²) in [5.41, 5.74) is 1.32. The van der Waals surface area contributed by atoms with Gasteiger partial charge in [0.2, 0.25) is 0 Å². The number of hydrogen-bond acceptors (Lipinski definition) is 0. The normalized spacial score (nSPS) is 6.58. The highest BCUT2D eigenvalue weighted by Crippen LogP contribution is 1.92. The van der Waals surface area contributed by atoms with Gasteiger partial charge in [-0.05, 0) is 6.92 Å². The van der Waals surface area contributed by atoms with Gasteiger partial charge in [-0.1, -0.05) is 35.9 Å². The Morgan fingerprint density at radius 3 is 1.50 bits per heavy atom. The first kappa shape index (κ1) is 18.2. The van der Waals surface area contributed by atoms with Crippen LogP contribution in [0.3, 0.4) is 0 Å². The zero-order valence-corrected chi connectivity index (χ0v) is 9.81. The van der Waals surface area contributed by atoms with E-state index in [0.717, 1.165) is 0 Å². The highest BCUT2D eigenvalue weighted by Gasteiger charge is 1.72. The molecule has 0 aliphatic carbocycles. The Morgan fingerprint density at radius 2 is 1.33 bits per heavy atom. The van der Waals surface area contributed by atoms with Gasteiger partial charge < -0.3 is 0 Å². The summed E-state index contributed by atoms with van der Waals surface area (Å²) in [6.07, 6.45) is 0. The Hall–Kier alpha value is 0.380. The molecule has 0 aliphatic heterocycles. The largest absolute Gasteiger partial charge is 0.147 e. The number of rotatable bonds is 0. The van der Waals surface area contributed by atoms with Gasteiger partial charge in [-0.3, -0.25) is 0 Å². The molecule has 0 radical (unpaired) electrons. The standard InChI is InChI=1S/C7H8.CH2Cl2.2ClH/c1-7-5-3-2-4-6-7;2-1-3;;/h2-6H,1H3;1H2;2*1H. The minimum atomic E-state index is 0. The summed E-state index contributed by atoms with van der Waals surface area (Å²) in [7, 11) is 0. The third kappa shape index (κ3) is 13.0. The van der Waals surface area contributed by atoms with E-state index in [4.69, 9.17) is 23.2 Å². The second-order valence-corrected chi connectivity index (χ2v) is 2.56. The lowest BCUT2D eigenvalue weighted by molar-refractivity contribution is 1.48. The molecular formula is C8H12Cl4. The van der Waals surface area contributed by atoms with Crippen molar-refractivity contribution in [3.8, 4) is 0 Å². The van der Waals surface area contributed by atoms with Gasteiger partial charge in [0.25, 0.3) is 0 Å². The van der Waals surface area contributed by atoms with E-state index in [0.29, 0.717) is 0 Å². The van der Waals surface area contributed by atoms with Crippen molar-refractivity contribution in [1.29, 1.82) is 0 Å². The highest BCUT2D eigenvalue weighted by atomic mass is 35.5. The van der Waals surface area contributed by atoms with Crippen molar-refractivity contribution in [1.82, 2.24) is 0 Å². The van der Waals surface area contributed by atoms with Gasteiger partial charge in [-0.2, -0.15) is 0 Å². The number of benzene rings is 1. The first-order chi connectivity index (χ1) is 4.81. The van der Waals surface area contributed by atoms with E-state index in [1.165, 1.54) is 5.56 Å². The molecule has 0 saturated carbocycles. The Balaban J connectivity index is -0.000000146. The Morgan fingerprint density at radius 1 is 1.00 bits per heavy atom. The van der Waals surface area contributed by atoms with Gasteiger partial charge in [0.1, 0.15) is 0 Å². The fraction of sp³-hybridized carbons (Fsp3) is 0.250. The van der Waals surface area contributed by atoms with Crippen molar-refractivity contribution in [3.05, 3.63) is 35.9 Å². The lowest BCUT2D eigenvalue weighted by atomic mass is 10.2. The fourth-order valence-corrected chi connectivity index (χ4v) is 0.534. The molecule has 0 aliphatic rings. The summed E-state index contributed by atoms with van der Waals surface area (Å²) in [6.45, 7) is 2.08. The van der Waals surface area contributed by atoms with Gasteiger partial charge >= 0.3 is 0 Å². The van der Waals surface area contributed by atoms with Crippen molar-refractivity contribution in [2.75, 3.05) is 5.34 Å². The quantitative estimate of drug-likeness (QED) is 0.603. The molecule has 0 spiro atoms. The van der Waals surface area contributed by atoms with Crippen molar-refractivity contribution in [2.24, 2.45) is 0 Å². The zero-order valence-electron chi connectivity index (χ0n) is 6.67. The van der Waals surface area contributed by atoms with Gasteiger partial charge in [-0.25, -0.2) is 0 Å². The first-order valence-electron chi connectivity index (χ1n) is 2.95. The van der Waals surface area contributed by atoms with Crippen LogP contribution in [0.4, 0.5) is 0 Å². The number of aryl methyl sites for hydroxylation is 1. The molecule has 12 heavy (non-hydrogen) atoms. The SMILES string of the molecule is Cc1ccccc1.Cl.Cl.ClCCl. The molecule has 0 aromatic heterocycles. The molecule has 0 unspecified atom stereocenters. The van der Waals surface area contributed by atoms with Crippen LogP contribution in [0.2, 0.25) is 0 Å². The maximum Gasteiger partial charge on any atom is 0.0967 e. The molecule has 0 N–H and O–H groups in total. The predicted octanol–water partition coefficient (Wildman–Crippen LogP) is 4.26. The third-order valence-corrected chi connectivity index (χ3v) is 0.940. The Bertz CT molecular complexity index is 152. The van der Waals surface area contributed by atoms with Gasteiger partial charge in [0.15, 0.2) is 0 Å². The minimum Gasteiger partial charge on any atom is -0.147 e. The summed E-state index contributed by atoms with van der Waals surface area (Å²) in [6, 6.07) is 10.3. The molecule has 0 nitrogen and oxygen atoms in total. The molecule has 0 saturated heterocycles. The lowest BCUT2D eigenvalue weighted by Crippen LogP contribution is -1.62. The van der Waals surface area contributed by atoms with Gasteiger partial charge in [-0.15, -0.1) is 48.0 Å². The monoisotopic (exact) mass is 248 g/mol.